The van der Waals surface area contributed by atoms with E-state index in [-0.39, 0.29) is 12.4 Å². The fraction of sp³-hybridized carbons (Fsp3) is 1.00. The van der Waals surface area contributed by atoms with Crippen molar-refractivity contribution in [3.8, 4) is 0 Å². The van der Waals surface area contributed by atoms with Crippen molar-refractivity contribution >= 4 is 12.4 Å². The Morgan fingerprint density at radius 3 is 2.14 bits per heavy atom. The molecule has 0 amide bonds. The molecule has 0 aliphatic heterocycles. The van der Waals surface area contributed by atoms with E-state index < -0.39 is 0 Å². The van der Waals surface area contributed by atoms with Crippen LogP contribution >= 0.6 is 12.4 Å². The Morgan fingerprint density at radius 2 is 1.64 bits per heavy atom. The highest BCUT2D eigenvalue weighted by Crippen LogP contribution is 2.58. The molecule has 4 aliphatic rings. The lowest BCUT2D eigenvalue weighted by atomic mass is 9.48. The van der Waals surface area contributed by atoms with E-state index >= 15 is 0 Å². The van der Waals surface area contributed by atoms with Gasteiger partial charge in [-0.15, -0.1) is 12.4 Å². The first kappa shape index (κ1) is 10.7. The van der Waals surface area contributed by atoms with Crippen LogP contribution in [0.1, 0.15) is 32.1 Å². The van der Waals surface area contributed by atoms with Crippen molar-refractivity contribution in [1.82, 2.24) is 0 Å². The summed E-state index contributed by atoms with van der Waals surface area (Å²) < 4.78 is 0. The topological polar surface area (TPSA) is 52.0 Å². The monoisotopic (exact) mass is 216 g/mol. The number of nitrogens with two attached hydrogens (primary N) is 2. The van der Waals surface area contributed by atoms with Crippen LogP contribution in [-0.4, -0.2) is 12.6 Å². The van der Waals surface area contributed by atoms with Gasteiger partial charge in [-0.05, 0) is 61.8 Å². The van der Waals surface area contributed by atoms with Crippen LogP contribution in [0, 0.1) is 23.2 Å². The molecule has 0 radical (unpaired) electrons. The van der Waals surface area contributed by atoms with Gasteiger partial charge in [0.15, 0.2) is 0 Å². The molecule has 2 nitrogen and oxygen atoms in total. The predicted molar refractivity (Wildman–Crippen MR) is 60.3 cm³/mol. The summed E-state index contributed by atoms with van der Waals surface area (Å²) in [5.41, 5.74) is 12.7. The first-order valence-corrected chi connectivity index (χ1v) is 5.68. The molecule has 0 spiro atoms. The van der Waals surface area contributed by atoms with Crippen LogP contribution in [0.2, 0.25) is 0 Å². The lowest BCUT2D eigenvalue weighted by molar-refractivity contribution is -0.0612. The Kier molecular flexibility index (Phi) is 2.57. The van der Waals surface area contributed by atoms with Crippen molar-refractivity contribution in [2.45, 2.75) is 38.1 Å². The number of halogens is 1. The van der Waals surface area contributed by atoms with Crippen molar-refractivity contribution in [2.24, 2.45) is 34.6 Å². The molecule has 14 heavy (non-hydrogen) atoms. The van der Waals surface area contributed by atoms with Gasteiger partial charge in [-0.3, -0.25) is 0 Å². The van der Waals surface area contributed by atoms with E-state index in [2.05, 4.69) is 0 Å². The quantitative estimate of drug-likeness (QED) is 0.699. The Labute approximate surface area is 92.2 Å². The molecule has 82 valence electrons. The Hall–Kier alpha value is 0.210. The molecule has 0 heterocycles. The van der Waals surface area contributed by atoms with Crippen molar-refractivity contribution in [1.29, 1.82) is 0 Å². The van der Waals surface area contributed by atoms with Crippen LogP contribution in [0.15, 0.2) is 0 Å². The molecule has 0 aromatic carbocycles. The molecule has 4 saturated carbocycles. The molecule has 0 aromatic heterocycles. The predicted octanol–water partition coefficient (Wildman–Crippen LogP) is 1.52. The molecule has 3 heteroatoms. The van der Waals surface area contributed by atoms with Crippen LogP contribution in [0.3, 0.4) is 0 Å². The Morgan fingerprint density at radius 1 is 1.07 bits per heavy atom. The second kappa shape index (κ2) is 3.36. The maximum absolute atomic E-state index is 6.24. The smallest absolute Gasteiger partial charge is 0.00962 e. The average Bonchev–Trinajstić information content (AvgIpc) is 2.13. The van der Waals surface area contributed by atoms with Gasteiger partial charge in [-0.1, -0.05) is 0 Å². The lowest BCUT2D eigenvalue weighted by Gasteiger charge is -2.59. The molecule has 4 rings (SSSR count). The molecule has 2 unspecified atom stereocenters. The van der Waals surface area contributed by atoms with Gasteiger partial charge in [0.05, 0.1) is 0 Å². The number of rotatable bonds is 1. The fourth-order valence-corrected chi connectivity index (χ4v) is 4.48. The zero-order valence-electron chi connectivity index (χ0n) is 8.61. The number of hydrogen-bond donors (Lipinski definition) is 2. The van der Waals surface area contributed by atoms with Gasteiger partial charge in [0.25, 0.3) is 0 Å². The largest absolute Gasteiger partial charge is 0.330 e. The highest BCUT2D eigenvalue weighted by molar-refractivity contribution is 5.85. The standard InChI is InChI=1S/C11H20N2.ClH/c12-6-11-3-7-1-8(4-11)10(13)9(2-7)5-11;/h7-10H,1-6,12-13H2;1H. The molecule has 0 saturated heterocycles. The first-order valence-electron chi connectivity index (χ1n) is 5.68. The fourth-order valence-electron chi connectivity index (χ4n) is 4.48. The molecule has 4 aliphatic carbocycles. The summed E-state index contributed by atoms with van der Waals surface area (Å²) in [5.74, 6) is 2.60. The lowest BCUT2D eigenvalue weighted by Crippen LogP contribution is -2.58. The summed E-state index contributed by atoms with van der Waals surface area (Å²) >= 11 is 0. The van der Waals surface area contributed by atoms with E-state index in [0.717, 1.165) is 24.3 Å². The van der Waals surface area contributed by atoms with Crippen molar-refractivity contribution in [3.05, 3.63) is 0 Å². The van der Waals surface area contributed by atoms with Crippen molar-refractivity contribution in [2.75, 3.05) is 6.54 Å². The third-order valence-corrected chi connectivity index (χ3v) is 4.91. The second-order valence-electron chi connectivity index (χ2n) is 5.75. The third-order valence-electron chi connectivity index (χ3n) is 4.91. The first-order chi connectivity index (χ1) is 6.22. The van der Waals surface area contributed by atoms with Crippen molar-refractivity contribution < 1.29 is 0 Å². The summed E-state index contributed by atoms with van der Waals surface area (Å²) in [7, 11) is 0. The normalized spacial score (nSPS) is 54.4. The maximum Gasteiger partial charge on any atom is 0.00962 e. The van der Waals surface area contributed by atoms with Crippen LogP contribution in [-0.2, 0) is 0 Å². The van der Waals surface area contributed by atoms with Gasteiger partial charge in [-0.25, -0.2) is 0 Å². The van der Waals surface area contributed by atoms with Gasteiger partial charge in [0.1, 0.15) is 0 Å². The summed E-state index contributed by atoms with van der Waals surface area (Å²) in [6.07, 6.45) is 6.87. The van der Waals surface area contributed by atoms with E-state index in [1.54, 1.807) is 0 Å². The zero-order valence-corrected chi connectivity index (χ0v) is 9.43. The maximum atomic E-state index is 6.24. The van der Waals surface area contributed by atoms with E-state index in [1.807, 2.05) is 0 Å². The Bertz CT molecular complexity index is 215. The average molecular weight is 217 g/mol. The third kappa shape index (κ3) is 1.31. The highest BCUT2D eigenvalue weighted by Gasteiger charge is 2.53. The molecular formula is C11H21ClN2. The minimum atomic E-state index is 0. The minimum absolute atomic E-state index is 0. The Balaban J connectivity index is 0.000000750. The summed E-state index contributed by atoms with van der Waals surface area (Å²) in [6, 6.07) is 0.510. The van der Waals surface area contributed by atoms with E-state index in [9.17, 15) is 0 Å². The van der Waals surface area contributed by atoms with Gasteiger partial charge in [0, 0.05) is 6.04 Å². The zero-order chi connectivity index (χ0) is 9.05. The molecule has 4 N–H and O–H groups in total. The summed E-state index contributed by atoms with van der Waals surface area (Å²) in [4.78, 5) is 0. The van der Waals surface area contributed by atoms with E-state index in [0.29, 0.717) is 11.5 Å². The van der Waals surface area contributed by atoms with E-state index in [4.69, 9.17) is 11.5 Å². The van der Waals surface area contributed by atoms with Crippen LogP contribution in [0.5, 0.6) is 0 Å². The van der Waals surface area contributed by atoms with Crippen LogP contribution in [0.4, 0.5) is 0 Å². The van der Waals surface area contributed by atoms with Gasteiger partial charge >= 0.3 is 0 Å². The number of hydrogen-bond acceptors (Lipinski definition) is 2. The summed E-state index contributed by atoms with van der Waals surface area (Å²) in [5, 5.41) is 0. The molecule has 4 fully saturated rings. The van der Waals surface area contributed by atoms with Crippen molar-refractivity contribution in [3.63, 3.8) is 0 Å². The van der Waals surface area contributed by atoms with Gasteiger partial charge in [0.2, 0.25) is 0 Å². The molecule has 4 bridgehead atoms. The van der Waals surface area contributed by atoms with Crippen LogP contribution in [0.25, 0.3) is 0 Å². The van der Waals surface area contributed by atoms with E-state index in [1.165, 1.54) is 32.1 Å². The minimum Gasteiger partial charge on any atom is -0.330 e. The molecule has 0 aromatic rings. The highest BCUT2D eigenvalue weighted by atomic mass is 35.5. The SMILES string of the molecule is Cl.NCC12CC3CC(C1)C(N)C(C3)C2. The van der Waals surface area contributed by atoms with Crippen LogP contribution < -0.4 is 11.5 Å². The second-order valence-corrected chi connectivity index (χ2v) is 5.75. The summed E-state index contributed by atoms with van der Waals surface area (Å²) in [6.45, 7) is 0.906. The molecule has 2 atom stereocenters. The van der Waals surface area contributed by atoms with Gasteiger partial charge < -0.3 is 11.5 Å². The van der Waals surface area contributed by atoms with Gasteiger partial charge in [-0.2, -0.15) is 0 Å². The molecular weight excluding hydrogens is 196 g/mol.